The zero-order valence-electron chi connectivity index (χ0n) is 13.6. The molecule has 1 aromatic carbocycles. The van der Waals surface area contributed by atoms with Crippen LogP contribution in [0.3, 0.4) is 0 Å². The molecule has 1 aliphatic carbocycles. The molecule has 3 nitrogen and oxygen atoms in total. The molecule has 2 aliphatic rings. The summed E-state index contributed by atoms with van der Waals surface area (Å²) in [6.07, 6.45) is -2.43. The highest BCUT2D eigenvalue weighted by atomic mass is 19.4. The molecule has 1 N–H and O–H groups in total. The van der Waals surface area contributed by atoms with Crippen LogP contribution in [-0.2, 0) is 11.0 Å². The number of benzene rings is 1. The largest absolute Gasteiger partial charge is 0.416 e. The van der Waals surface area contributed by atoms with E-state index >= 15 is 0 Å². The maximum atomic E-state index is 12.8. The standard InChI is InChI=1S/C18H22F3NO2/c1-11(23)13-5-3-7-22(10-13)17(24)16-9-15(16)12-4-2-6-14(8-12)18(19,20)21/h2,4,6,8,11,13,15-16,23H,3,5,7,9-10H2,1H3. The van der Waals surface area contributed by atoms with Gasteiger partial charge in [0.15, 0.2) is 0 Å². The van der Waals surface area contributed by atoms with Crippen molar-refractivity contribution in [2.24, 2.45) is 11.8 Å². The molecule has 0 spiro atoms. The number of carbonyl (C=O) groups is 1. The van der Waals surface area contributed by atoms with E-state index in [9.17, 15) is 23.1 Å². The summed E-state index contributed by atoms with van der Waals surface area (Å²) in [5, 5.41) is 9.72. The minimum atomic E-state index is -4.36. The highest BCUT2D eigenvalue weighted by Gasteiger charge is 2.47. The Balaban J connectivity index is 1.66. The third-order valence-corrected chi connectivity index (χ3v) is 5.20. The molecule has 1 aromatic rings. The van der Waals surface area contributed by atoms with Crippen LogP contribution in [0, 0.1) is 11.8 Å². The number of aliphatic hydroxyl groups excluding tert-OH is 1. The Kier molecular flexibility index (Phi) is 4.60. The predicted molar refractivity (Wildman–Crippen MR) is 83.3 cm³/mol. The van der Waals surface area contributed by atoms with Crippen molar-refractivity contribution in [1.29, 1.82) is 0 Å². The molecule has 3 rings (SSSR count). The quantitative estimate of drug-likeness (QED) is 0.915. The van der Waals surface area contributed by atoms with Crippen LogP contribution in [0.25, 0.3) is 0 Å². The molecule has 1 amide bonds. The Morgan fingerprint density at radius 2 is 2.12 bits per heavy atom. The monoisotopic (exact) mass is 341 g/mol. The van der Waals surface area contributed by atoms with Crippen molar-refractivity contribution in [2.75, 3.05) is 13.1 Å². The summed E-state index contributed by atoms with van der Waals surface area (Å²) < 4.78 is 38.5. The molecule has 132 valence electrons. The van der Waals surface area contributed by atoms with E-state index in [0.29, 0.717) is 25.1 Å². The summed E-state index contributed by atoms with van der Waals surface area (Å²) in [5.74, 6) is -0.232. The molecule has 6 heteroatoms. The third-order valence-electron chi connectivity index (χ3n) is 5.20. The number of carbonyl (C=O) groups excluding carboxylic acids is 1. The minimum absolute atomic E-state index is 0.0164. The number of amides is 1. The van der Waals surface area contributed by atoms with Gasteiger partial charge in [0.1, 0.15) is 0 Å². The van der Waals surface area contributed by atoms with Gasteiger partial charge in [-0.3, -0.25) is 4.79 Å². The normalized spacial score (nSPS) is 28.5. The fourth-order valence-corrected chi connectivity index (χ4v) is 3.62. The number of aliphatic hydroxyl groups is 1. The van der Waals surface area contributed by atoms with Gasteiger partial charge in [-0.25, -0.2) is 0 Å². The van der Waals surface area contributed by atoms with E-state index < -0.39 is 17.8 Å². The van der Waals surface area contributed by atoms with E-state index in [1.54, 1.807) is 17.9 Å². The summed E-state index contributed by atoms with van der Waals surface area (Å²) in [6.45, 7) is 2.96. The smallest absolute Gasteiger partial charge is 0.393 e. The van der Waals surface area contributed by atoms with Gasteiger partial charge in [0.05, 0.1) is 11.7 Å². The Labute approximate surface area is 139 Å². The molecule has 0 aromatic heterocycles. The Morgan fingerprint density at radius 1 is 1.38 bits per heavy atom. The number of piperidine rings is 1. The fraction of sp³-hybridized carbons (Fsp3) is 0.611. The van der Waals surface area contributed by atoms with Gasteiger partial charge in [0, 0.05) is 24.9 Å². The third kappa shape index (κ3) is 3.58. The van der Waals surface area contributed by atoms with Crippen molar-refractivity contribution < 1.29 is 23.1 Å². The van der Waals surface area contributed by atoms with E-state index in [2.05, 4.69) is 0 Å². The average Bonchev–Trinajstić information content (AvgIpc) is 3.34. The van der Waals surface area contributed by atoms with E-state index in [4.69, 9.17) is 0 Å². The second kappa shape index (κ2) is 6.39. The van der Waals surface area contributed by atoms with Crippen molar-refractivity contribution in [1.82, 2.24) is 4.90 Å². The van der Waals surface area contributed by atoms with Crippen LogP contribution in [0.15, 0.2) is 24.3 Å². The van der Waals surface area contributed by atoms with Crippen molar-refractivity contribution in [3.8, 4) is 0 Å². The molecule has 1 saturated carbocycles. The van der Waals surface area contributed by atoms with Gasteiger partial charge in [-0.1, -0.05) is 18.2 Å². The molecule has 4 atom stereocenters. The van der Waals surface area contributed by atoms with Gasteiger partial charge < -0.3 is 10.0 Å². The molecular weight excluding hydrogens is 319 g/mol. The van der Waals surface area contributed by atoms with Gasteiger partial charge in [-0.2, -0.15) is 13.2 Å². The van der Waals surface area contributed by atoms with Crippen molar-refractivity contribution >= 4 is 5.91 Å². The van der Waals surface area contributed by atoms with Crippen molar-refractivity contribution in [3.63, 3.8) is 0 Å². The van der Waals surface area contributed by atoms with Crippen LogP contribution in [0.1, 0.15) is 43.2 Å². The highest BCUT2D eigenvalue weighted by molar-refractivity contribution is 5.83. The summed E-state index contributed by atoms with van der Waals surface area (Å²) >= 11 is 0. The Bertz CT molecular complexity index is 615. The summed E-state index contributed by atoms with van der Waals surface area (Å²) in [7, 11) is 0. The number of nitrogens with zero attached hydrogens (tertiary/aromatic N) is 1. The Morgan fingerprint density at radius 3 is 2.79 bits per heavy atom. The minimum Gasteiger partial charge on any atom is -0.393 e. The lowest BCUT2D eigenvalue weighted by Crippen LogP contribution is -2.43. The topological polar surface area (TPSA) is 40.5 Å². The molecule has 4 unspecified atom stereocenters. The summed E-state index contributed by atoms with van der Waals surface area (Å²) in [6, 6.07) is 5.29. The fourth-order valence-electron chi connectivity index (χ4n) is 3.62. The molecule has 0 radical (unpaired) electrons. The maximum Gasteiger partial charge on any atom is 0.416 e. The number of rotatable bonds is 3. The van der Waals surface area contributed by atoms with Crippen molar-refractivity contribution in [2.45, 2.75) is 44.4 Å². The molecule has 1 saturated heterocycles. The number of likely N-dealkylation sites (tertiary alicyclic amines) is 1. The van der Waals surface area contributed by atoms with Crippen LogP contribution in [0.4, 0.5) is 13.2 Å². The van der Waals surface area contributed by atoms with Gasteiger partial charge in [-0.05, 0) is 43.7 Å². The molecule has 0 bridgehead atoms. The lowest BCUT2D eigenvalue weighted by Gasteiger charge is -2.34. The van der Waals surface area contributed by atoms with Gasteiger partial charge in [-0.15, -0.1) is 0 Å². The highest BCUT2D eigenvalue weighted by Crippen LogP contribution is 2.49. The van der Waals surface area contributed by atoms with Crippen LogP contribution in [0.5, 0.6) is 0 Å². The SMILES string of the molecule is CC(O)C1CCCN(C(=O)C2CC2c2cccc(C(F)(F)F)c2)C1. The first-order valence-corrected chi connectivity index (χ1v) is 8.41. The maximum absolute atomic E-state index is 12.8. The number of hydrogen-bond donors (Lipinski definition) is 1. The molecule has 1 aliphatic heterocycles. The van der Waals surface area contributed by atoms with E-state index in [-0.39, 0.29) is 23.7 Å². The van der Waals surface area contributed by atoms with Crippen LogP contribution < -0.4 is 0 Å². The van der Waals surface area contributed by atoms with Gasteiger partial charge in [0.25, 0.3) is 0 Å². The van der Waals surface area contributed by atoms with E-state index in [1.165, 1.54) is 6.07 Å². The summed E-state index contributed by atoms with van der Waals surface area (Å²) in [4.78, 5) is 14.4. The first kappa shape index (κ1) is 17.3. The average molecular weight is 341 g/mol. The van der Waals surface area contributed by atoms with Crippen LogP contribution >= 0.6 is 0 Å². The first-order valence-electron chi connectivity index (χ1n) is 8.41. The van der Waals surface area contributed by atoms with E-state index in [1.807, 2.05) is 0 Å². The lowest BCUT2D eigenvalue weighted by atomic mass is 9.93. The summed E-state index contributed by atoms with van der Waals surface area (Å²) in [5.41, 5.74) is -0.0718. The van der Waals surface area contributed by atoms with Gasteiger partial charge in [0.2, 0.25) is 5.91 Å². The second-order valence-electron chi connectivity index (χ2n) is 7.00. The number of halogens is 3. The van der Waals surface area contributed by atoms with Crippen LogP contribution in [-0.4, -0.2) is 35.1 Å². The zero-order chi connectivity index (χ0) is 17.5. The Hall–Kier alpha value is -1.56. The van der Waals surface area contributed by atoms with E-state index in [0.717, 1.165) is 25.0 Å². The van der Waals surface area contributed by atoms with Crippen molar-refractivity contribution in [3.05, 3.63) is 35.4 Å². The first-order chi connectivity index (χ1) is 11.3. The lowest BCUT2D eigenvalue weighted by molar-refractivity contribution is -0.137. The van der Waals surface area contributed by atoms with Crippen LogP contribution in [0.2, 0.25) is 0 Å². The van der Waals surface area contributed by atoms with Gasteiger partial charge >= 0.3 is 6.18 Å². The molecular formula is C18H22F3NO2. The second-order valence-corrected chi connectivity index (χ2v) is 7.00. The molecule has 1 heterocycles. The number of hydrogen-bond acceptors (Lipinski definition) is 2. The molecule has 2 fully saturated rings. The molecule has 24 heavy (non-hydrogen) atoms. The predicted octanol–water partition coefficient (Wildman–Crippen LogP) is 3.43. The number of alkyl halides is 3. The zero-order valence-corrected chi connectivity index (χ0v) is 13.6.